The number of hydrogen-bond acceptors (Lipinski definition) is 2. The molecular weight excluding hydrogens is 238 g/mol. The van der Waals surface area contributed by atoms with E-state index >= 15 is 0 Å². The van der Waals surface area contributed by atoms with Crippen molar-refractivity contribution in [2.24, 2.45) is 0 Å². The number of hydrogen-bond donors (Lipinski definition) is 1. The van der Waals surface area contributed by atoms with Gasteiger partial charge in [-0.25, -0.2) is 0 Å². The Kier molecular flexibility index (Phi) is 7.01. The maximum absolute atomic E-state index is 11.7. The van der Waals surface area contributed by atoms with Crippen molar-refractivity contribution in [3.8, 4) is 5.75 Å². The number of nitrogens with one attached hydrogen (secondary N) is 1. The van der Waals surface area contributed by atoms with Crippen molar-refractivity contribution in [1.82, 2.24) is 5.32 Å². The zero-order valence-electron chi connectivity index (χ0n) is 12.2. The molecule has 0 aliphatic heterocycles. The van der Waals surface area contributed by atoms with E-state index < -0.39 is 0 Å². The predicted molar refractivity (Wildman–Crippen MR) is 78.4 cm³/mol. The normalized spacial score (nSPS) is 10.5. The Balaban J connectivity index is 2.20. The quantitative estimate of drug-likeness (QED) is 0.729. The summed E-state index contributed by atoms with van der Waals surface area (Å²) in [5.74, 6) is 1.03. The second-order valence-electron chi connectivity index (χ2n) is 4.80. The van der Waals surface area contributed by atoms with Crippen LogP contribution in [0.5, 0.6) is 5.75 Å². The van der Waals surface area contributed by atoms with Gasteiger partial charge in [-0.3, -0.25) is 4.79 Å². The summed E-state index contributed by atoms with van der Waals surface area (Å²) < 4.78 is 5.66. The molecule has 0 aromatic heterocycles. The molecule has 0 spiro atoms. The van der Waals surface area contributed by atoms with Crippen LogP contribution in [0.25, 0.3) is 0 Å². The highest BCUT2D eigenvalue weighted by Crippen LogP contribution is 2.16. The summed E-state index contributed by atoms with van der Waals surface area (Å²) in [6.45, 7) is 6.79. The molecule has 0 heterocycles. The molecule has 1 N–H and O–H groups in total. The lowest BCUT2D eigenvalue weighted by molar-refractivity contribution is -0.122. The van der Waals surface area contributed by atoms with E-state index in [-0.39, 0.29) is 5.91 Å². The highest BCUT2D eigenvalue weighted by Gasteiger charge is 2.07. The minimum absolute atomic E-state index is 0.127. The molecule has 0 aliphatic carbocycles. The van der Waals surface area contributed by atoms with Gasteiger partial charge in [-0.1, -0.05) is 32.0 Å². The van der Waals surface area contributed by atoms with Crippen molar-refractivity contribution < 1.29 is 9.53 Å². The molecule has 0 unspecified atom stereocenters. The Morgan fingerprint density at radius 1 is 1.26 bits per heavy atom. The van der Waals surface area contributed by atoms with Crippen molar-refractivity contribution in [1.29, 1.82) is 0 Å². The fraction of sp³-hybridized carbons (Fsp3) is 0.562. The predicted octanol–water partition coefficient (Wildman–Crippen LogP) is 3.46. The van der Waals surface area contributed by atoms with Crippen LogP contribution in [0.2, 0.25) is 0 Å². The number of rotatable bonds is 8. The molecule has 0 saturated heterocycles. The third-order valence-corrected chi connectivity index (χ3v) is 3.25. The molecule has 1 aromatic carbocycles. The molecule has 0 fully saturated rings. The minimum atomic E-state index is 0.127. The van der Waals surface area contributed by atoms with Crippen LogP contribution in [-0.2, 0) is 4.79 Å². The number of benzene rings is 1. The second kappa shape index (κ2) is 8.57. The average molecular weight is 263 g/mol. The molecular formula is C16H25NO2. The van der Waals surface area contributed by atoms with Gasteiger partial charge in [0, 0.05) is 12.5 Å². The van der Waals surface area contributed by atoms with E-state index in [0.29, 0.717) is 19.1 Å². The van der Waals surface area contributed by atoms with Crippen molar-refractivity contribution in [2.75, 3.05) is 6.61 Å². The summed E-state index contributed by atoms with van der Waals surface area (Å²) in [6.07, 6.45) is 3.26. The second-order valence-corrected chi connectivity index (χ2v) is 4.80. The van der Waals surface area contributed by atoms with Gasteiger partial charge in [0.1, 0.15) is 5.75 Å². The van der Waals surface area contributed by atoms with Crippen LogP contribution in [0.1, 0.15) is 45.1 Å². The van der Waals surface area contributed by atoms with Gasteiger partial charge in [-0.2, -0.15) is 0 Å². The Morgan fingerprint density at radius 3 is 2.58 bits per heavy atom. The molecule has 0 radical (unpaired) electrons. The summed E-state index contributed by atoms with van der Waals surface area (Å²) in [6, 6.07) is 8.24. The summed E-state index contributed by atoms with van der Waals surface area (Å²) in [4.78, 5) is 11.7. The highest BCUT2D eigenvalue weighted by molar-refractivity contribution is 5.76. The number of carbonyl (C=O) groups excluding carboxylic acids is 1. The first-order chi connectivity index (χ1) is 9.17. The third kappa shape index (κ3) is 5.77. The number of aryl methyl sites for hydroxylation is 1. The van der Waals surface area contributed by atoms with Gasteiger partial charge in [0.25, 0.3) is 0 Å². The molecule has 3 heteroatoms. The summed E-state index contributed by atoms with van der Waals surface area (Å²) in [5, 5.41) is 3.03. The molecule has 1 rings (SSSR count). The van der Waals surface area contributed by atoms with Gasteiger partial charge in [-0.05, 0) is 37.8 Å². The van der Waals surface area contributed by atoms with Gasteiger partial charge >= 0.3 is 0 Å². The zero-order valence-corrected chi connectivity index (χ0v) is 12.2. The van der Waals surface area contributed by atoms with Crippen molar-refractivity contribution in [3.63, 3.8) is 0 Å². The monoisotopic (exact) mass is 263 g/mol. The minimum Gasteiger partial charge on any atom is -0.493 e. The van der Waals surface area contributed by atoms with Gasteiger partial charge < -0.3 is 10.1 Å². The van der Waals surface area contributed by atoms with E-state index in [1.807, 2.05) is 31.2 Å². The van der Waals surface area contributed by atoms with Crippen LogP contribution in [0.3, 0.4) is 0 Å². The van der Waals surface area contributed by atoms with Crippen LogP contribution in [-0.4, -0.2) is 18.6 Å². The van der Waals surface area contributed by atoms with Crippen molar-refractivity contribution in [2.45, 2.75) is 52.5 Å². The molecule has 3 nitrogen and oxygen atoms in total. The molecule has 19 heavy (non-hydrogen) atoms. The number of para-hydroxylation sites is 1. The maximum Gasteiger partial charge on any atom is 0.220 e. The first-order valence-electron chi connectivity index (χ1n) is 7.15. The fourth-order valence-corrected chi connectivity index (χ4v) is 1.93. The van der Waals surface area contributed by atoms with Crippen LogP contribution in [0.4, 0.5) is 0 Å². The van der Waals surface area contributed by atoms with Crippen molar-refractivity contribution in [3.05, 3.63) is 29.8 Å². The topological polar surface area (TPSA) is 38.3 Å². The average Bonchev–Trinajstić information content (AvgIpc) is 2.42. The summed E-state index contributed by atoms with van der Waals surface area (Å²) >= 11 is 0. The van der Waals surface area contributed by atoms with E-state index in [0.717, 1.165) is 30.6 Å². The zero-order chi connectivity index (χ0) is 14.1. The SMILES string of the molecule is CCC(CC)NC(=O)CCCOc1ccccc1C. The van der Waals surface area contributed by atoms with Crippen LogP contribution >= 0.6 is 0 Å². The van der Waals surface area contributed by atoms with E-state index in [1.54, 1.807) is 0 Å². The molecule has 106 valence electrons. The lowest BCUT2D eigenvalue weighted by atomic mass is 10.1. The van der Waals surface area contributed by atoms with Crippen molar-refractivity contribution >= 4 is 5.91 Å². The Labute approximate surface area is 116 Å². The molecule has 0 bridgehead atoms. The number of ether oxygens (including phenoxy) is 1. The highest BCUT2D eigenvalue weighted by atomic mass is 16.5. The van der Waals surface area contributed by atoms with E-state index in [4.69, 9.17) is 4.74 Å². The standard InChI is InChI=1S/C16H25NO2/c1-4-14(5-2)17-16(18)11-8-12-19-15-10-7-6-9-13(15)3/h6-7,9-10,14H,4-5,8,11-12H2,1-3H3,(H,17,18). The van der Waals surface area contributed by atoms with Gasteiger partial charge in [0.05, 0.1) is 6.61 Å². The molecule has 0 atom stereocenters. The Morgan fingerprint density at radius 2 is 1.95 bits per heavy atom. The third-order valence-electron chi connectivity index (χ3n) is 3.25. The molecule has 0 aliphatic rings. The van der Waals surface area contributed by atoms with E-state index in [2.05, 4.69) is 19.2 Å². The molecule has 1 amide bonds. The van der Waals surface area contributed by atoms with Gasteiger partial charge in [-0.15, -0.1) is 0 Å². The Bertz CT molecular complexity index is 386. The lowest BCUT2D eigenvalue weighted by Crippen LogP contribution is -2.33. The number of carbonyl (C=O) groups is 1. The Hall–Kier alpha value is -1.51. The molecule has 1 aromatic rings. The van der Waals surface area contributed by atoms with E-state index in [9.17, 15) is 4.79 Å². The van der Waals surface area contributed by atoms with Gasteiger partial charge in [0.2, 0.25) is 5.91 Å². The first kappa shape index (κ1) is 15.5. The lowest BCUT2D eigenvalue weighted by Gasteiger charge is -2.14. The smallest absolute Gasteiger partial charge is 0.220 e. The maximum atomic E-state index is 11.7. The summed E-state index contributed by atoms with van der Waals surface area (Å²) in [7, 11) is 0. The molecule has 0 saturated carbocycles. The largest absolute Gasteiger partial charge is 0.493 e. The first-order valence-corrected chi connectivity index (χ1v) is 7.15. The summed E-state index contributed by atoms with van der Waals surface area (Å²) in [5.41, 5.74) is 1.13. The van der Waals surface area contributed by atoms with Crippen LogP contribution in [0, 0.1) is 6.92 Å². The van der Waals surface area contributed by atoms with Crippen LogP contribution < -0.4 is 10.1 Å². The van der Waals surface area contributed by atoms with E-state index in [1.165, 1.54) is 0 Å². The van der Waals surface area contributed by atoms with Crippen LogP contribution in [0.15, 0.2) is 24.3 Å². The van der Waals surface area contributed by atoms with Gasteiger partial charge in [0.15, 0.2) is 0 Å². The number of amides is 1. The fourth-order valence-electron chi connectivity index (χ4n) is 1.93.